The van der Waals surface area contributed by atoms with Gasteiger partial charge in [0, 0.05) is 25.5 Å². The van der Waals surface area contributed by atoms with Crippen LogP contribution in [0.25, 0.3) is 0 Å². The average Bonchev–Trinajstić information content (AvgIpc) is 2.58. The Bertz CT molecular complexity index is 761. The van der Waals surface area contributed by atoms with Crippen LogP contribution in [-0.4, -0.2) is 41.9 Å². The van der Waals surface area contributed by atoms with Crippen LogP contribution in [0.3, 0.4) is 0 Å². The van der Waals surface area contributed by atoms with Gasteiger partial charge in [0.1, 0.15) is 11.9 Å². The number of sulfonamides is 1. The molecular formula is C16H18FN3O3S. The van der Waals surface area contributed by atoms with Gasteiger partial charge in [-0.15, -0.1) is 0 Å². The number of nitrogens with zero attached hydrogens (tertiary/aromatic N) is 3. The summed E-state index contributed by atoms with van der Waals surface area (Å²) in [5.41, 5.74) is 0.576. The fourth-order valence-corrected chi connectivity index (χ4v) is 4.17. The largest absolute Gasteiger partial charge is 0.460 e. The van der Waals surface area contributed by atoms with Crippen molar-refractivity contribution >= 4 is 10.0 Å². The number of aromatic nitrogens is 2. The van der Waals surface area contributed by atoms with Crippen molar-refractivity contribution in [2.75, 3.05) is 13.1 Å². The highest BCUT2D eigenvalue weighted by Crippen LogP contribution is 2.20. The summed E-state index contributed by atoms with van der Waals surface area (Å²) in [4.78, 5) is 8.02. The lowest BCUT2D eigenvalue weighted by atomic mass is 10.1. The van der Waals surface area contributed by atoms with Gasteiger partial charge < -0.3 is 4.74 Å². The van der Waals surface area contributed by atoms with Gasteiger partial charge in [-0.3, -0.25) is 0 Å². The molecule has 1 fully saturated rings. The second-order valence-electron chi connectivity index (χ2n) is 5.63. The van der Waals surface area contributed by atoms with Crippen molar-refractivity contribution < 1.29 is 17.5 Å². The van der Waals surface area contributed by atoms with Gasteiger partial charge in [-0.25, -0.2) is 27.1 Å². The number of ether oxygens (including phenoxy) is 1. The zero-order valence-corrected chi connectivity index (χ0v) is 13.8. The summed E-state index contributed by atoms with van der Waals surface area (Å²) < 4.78 is 45.0. The number of piperidine rings is 1. The van der Waals surface area contributed by atoms with Gasteiger partial charge in [0.05, 0.1) is 5.75 Å². The molecule has 0 aliphatic carbocycles. The summed E-state index contributed by atoms with van der Waals surface area (Å²) in [7, 11) is -3.42. The molecule has 0 unspecified atom stereocenters. The Morgan fingerprint density at radius 1 is 1.12 bits per heavy atom. The van der Waals surface area contributed by atoms with Crippen LogP contribution in [0, 0.1) is 5.82 Å². The van der Waals surface area contributed by atoms with Crippen molar-refractivity contribution in [1.29, 1.82) is 0 Å². The Kier molecular flexibility index (Phi) is 5.06. The van der Waals surface area contributed by atoms with Crippen molar-refractivity contribution in [3.63, 3.8) is 0 Å². The molecule has 1 aromatic heterocycles. The highest BCUT2D eigenvalue weighted by atomic mass is 32.2. The zero-order chi connectivity index (χ0) is 17.0. The predicted octanol–water partition coefficient (Wildman–Crippen LogP) is 1.99. The molecule has 1 aliphatic heterocycles. The summed E-state index contributed by atoms with van der Waals surface area (Å²) in [6.45, 7) is 0.780. The smallest absolute Gasteiger partial charge is 0.316 e. The van der Waals surface area contributed by atoms with Crippen LogP contribution in [0.15, 0.2) is 42.7 Å². The molecule has 128 valence electrons. The lowest BCUT2D eigenvalue weighted by Gasteiger charge is -2.30. The van der Waals surface area contributed by atoms with E-state index in [0.29, 0.717) is 37.5 Å². The number of hydrogen-bond acceptors (Lipinski definition) is 5. The van der Waals surface area contributed by atoms with Gasteiger partial charge in [-0.05, 0) is 36.6 Å². The molecule has 0 amide bonds. The Balaban J connectivity index is 1.56. The third kappa shape index (κ3) is 4.27. The number of halogens is 1. The molecule has 1 aliphatic rings. The lowest BCUT2D eigenvalue weighted by molar-refractivity contribution is 0.124. The maximum atomic E-state index is 12.9. The third-order valence-corrected chi connectivity index (χ3v) is 5.72. The van der Waals surface area contributed by atoms with Gasteiger partial charge in [0.15, 0.2) is 0 Å². The molecule has 0 saturated carbocycles. The predicted molar refractivity (Wildman–Crippen MR) is 86.3 cm³/mol. The minimum atomic E-state index is -3.42. The number of hydrogen-bond donors (Lipinski definition) is 0. The monoisotopic (exact) mass is 351 g/mol. The van der Waals surface area contributed by atoms with Crippen LogP contribution in [-0.2, 0) is 15.8 Å². The second-order valence-corrected chi connectivity index (χ2v) is 7.60. The number of benzene rings is 1. The standard InChI is InChI=1S/C16H18FN3O3S/c17-14-4-2-13(3-5-14)12-24(21,22)20-10-6-15(7-11-20)23-16-18-8-1-9-19-16/h1-5,8-9,15H,6-7,10-12H2. The first-order valence-electron chi connectivity index (χ1n) is 7.69. The van der Waals surface area contributed by atoms with E-state index in [2.05, 4.69) is 9.97 Å². The average molecular weight is 351 g/mol. The van der Waals surface area contributed by atoms with Gasteiger partial charge in [0.2, 0.25) is 10.0 Å². The van der Waals surface area contributed by atoms with E-state index in [1.54, 1.807) is 18.5 Å². The van der Waals surface area contributed by atoms with Gasteiger partial charge in [-0.1, -0.05) is 12.1 Å². The molecule has 0 spiro atoms. The van der Waals surface area contributed by atoms with E-state index in [1.165, 1.54) is 28.6 Å². The molecule has 1 aromatic carbocycles. The van der Waals surface area contributed by atoms with Crippen molar-refractivity contribution in [3.05, 3.63) is 54.1 Å². The SMILES string of the molecule is O=S(=O)(Cc1ccc(F)cc1)N1CCC(Oc2ncccn2)CC1. The Morgan fingerprint density at radius 3 is 2.38 bits per heavy atom. The highest BCUT2D eigenvalue weighted by molar-refractivity contribution is 7.88. The Labute approximate surface area is 140 Å². The van der Waals surface area contributed by atoms with E-state index in [-0.39, 0.29) is 17.7 Å². The molecule has 0 N–H and O–H groups in total. The first-order valence-corrected chi connectivity index (χ1v) is 9.30. The van der Waals surface area contributed by atoms with Crippen molar-refractivity contribution in [1.82, 2.24) is 14.3 Å². The van der Waals surface area contributed by atoms with E-state index >= 15 is 0 Å². The summed E-state index contributed by atoms with van der Waals surface area (Å²) in [5.74, 6) is -0.502. The topological polar surface area (TPSA) is 72.4 Å². The fraction of sp³-hybridized carbons (Fsp3) is 0.375. The molecule has 6 nitrogen and oxygen atoms in total. The minimum Gasteiger partial charge on any atom is -0.460 e. The summed E-state index contributed by atoms with van der Waals surface area (Å²) in [6.07, 6.45) is 4.28. The van der Waals surface area contributed by atoms with E-state index < -0.39 is 10.0 Å². The van der Waals surface area contributed by atoms with Crippen LogP contribution in [0.4, 0.5) is 4.39 Å². The highest BCUT2D eigenvalue weighted by Gasteiger charge is 2.29. The molecule has 0 atom stereocenters. The summed E-state index contributed by atoms with van der Waals surface area (Å²) in [6, 6.07) is 7.54. The molecular weight excluding hydrogens is 333 g/mol. The Morgan fingerprint density at radius 2 is 1.75 bits per heavy atom. The maximum absolute atomic E-state index is 12.9. The maximum Gasteiger partial charge on any atom is 0.316 e. The van der Waals surface area contributed by atoms with Crippen LogP contribution < -0.4 is 4.74 Å². The fourth-order valence-electron chi connectivity index (χ4n) is 2.61. The number of rotatable bonds is 5. The quantitative estimate of drug-likeness (QED) is 0.824. The molecule has 8 heteroatoms. The van der Waals surface area contributed by atoms with Crippen LogP contribution in [0.2, 0.25) is 0 Å². The van der Waals surface area contributed by atoms with Gasteiger partial charge >= 0.3 is 6.01 Å². The minimum absolute atomic E-state index is 0.0929. The Hall–Kier alpha value is -2.06. The normalized spacial score (nSPS) is 16.9. The first kappa shape index (κ1) is 16.8. The lowest BCUT2D eigenvalue weighted by Crippen LogP contribution is -2.42. The second kappa shape index (κ2) is 7.23. The van der Waals surface area contributed by atoms with Crippen molar-refractivity contribution in [2.24, 2.45) is 0 Å². The van der Waals surface area contributed by atoms with E-state index in [0.717, 1.165) is 0 Å². The molecule has 2 aromatic rings. The molecule has 0 bridgehead atoms. The zero-order valence-electron chi connectivity index (χ0n) is 13.0. The van der Waals surface area contributed by atoms with Crippen LogP contribution in [0.1, 0.15) is 18.4 Å². The van der Waals surface area contributed by atoms with Gasteiger partial charge in [0.25, 0.3) is 0 Å². The summed E-state index contributed by atoms with van der Waals surface area (Å²) >= 11 is 0. The first-order chi connectivity index (χ1) is 11.5. The van der Waals surface area contributed by atoms with E-state index in [9.17, 15) is 12.8 Å². The molecule has 2 heterocycles. The van der Waals surface area contributed by atoms with Crippen LogP contribution in [0.5, 0.6) is 6.01 Å². The molecule has 0 radical (unpaired) electrons. The molecule has 24 heavy (non-hydrogen) atoms. The van der Waals surface area contributed by atoms with Crippen LogP contribution >= 0.6 is 0 Å². The molecule has 1 saturated heterocycles. The molecule has 3 rings (SSSR count). The van der Waals surface area contributed by atoms with E-state index in [4.69, 9.17) is 4.74 Å². The van der Waals surface area contributed by atoms with Gasteiger partial charge in [-0.2, -0.15) is 0 Å². The van der Waals surface area contributed by atoms with E-state index in [1.807, 2.05) is 0 Å². The van der Waals surface area contributed by atoms with Crippen molar-refractivity contribution in [3.8, 4) is 6.01 Å². The van der Waals surface area contributed by atoms with Crippen molar-refractivity contribution in [2.45, 2.75) is 24.7 Å². The summed E-state index contributed by atoms with van der Waals surface area (Å²) in [5, 5.41) is 0. The third-order valence-electron chi connectivity index (χ3n) is 3.87.